The molecule has 0 fully saturated rings. The summed E-state index contributed by atoms with van der Waals surface area (Å²) < 4.78 is 0. The van der Waals surface area contributed by atoms with Crippen LogP contribution >= 0.6 is 11.3 Å². The molecule has 0 saturated heterocycles. The Bertz CT molecular complexity index is 506. The number of amides is 1. The molecule has 2 aromatic heterocycles. The smallest absolute Gasteiger partial charge is 0.276 e. The lowest BCUT2D eigenvalue weighted by molar-refractivity contribution is 0.102. The molecule has 2 aromatic rings. The lowest BCUT2D eigenvalue weighted by Gasteiger charge is -2.01. The molecule has 0 spiro atoms. The Morgan fingerprint density at radius 3 is 2.88 bits per heavy atom. The van der Waals surface area contributed by atoms with E-state index >= 15 is 0 Å². The fourth-order valence-corrected chi connectivity index (χ4v) is 1.72. The number of nitrogens with one attached hydrogen (secondary N) is 1. The number of nitrogens with zero attached hydrogens (tertiary/aromatic N) is 2. The van der Waals surface area contributed by atoms with Crippen molar-refractivity contribution in [2.45, 2.75) is 6.92 Å². The van der Waals surface area contributed by atoms with Crippen molar-refractivity contribution < 1.29 is 4.79 Å². The Hall–Kier alpha value is -1.95. The van der Waals surface area contributed by atoms with Gasteiger partial charge in [0.1, 0.15) is 11.5 Å². The molecule has 3 N–H and O–H groups in total. The summed E-state index contributed by atoms with van der Waals surface area (Å²) in [5.74, 6) is 0.200. The molecule has 0 aromatic carbocycles. The van der Waals surface area contributed by atoms with Gasteiger partial charge in [0, 0.05) is 5.38 Å². The van der Waals surface area contributed by atoms with Crippen LogP contribution in [0.5, 0.6) is 0 Å². The Labute approximate surface area is 96.3 Å². The molecular weight excluding hydrogens is 224 g/mol. The lowest BCUT2D eigenvalue weighted by atomic mass is 10.4. The number of nitrogens with two attached hydrogens (primary N) is 1. The van der Waals surface area contributed by atoms with Crippen LogP contribution in [0.3, 0.4) is 0 Å². The maximum Gasteiger partial charge on any atom is 0.276 e. The van der Waals surface area contributed by atoms with Gasteiger partial charge in [-0.1, -0.05) is 0 Å². The van der Waals surface area contributed by atoms with Gasteiger partial charge in [0.2, 0.25) is 0 Å². The van der Waals surface area contributed by atoms with Crippen LogP contribution in [-0.2, 0) is 0 Å². The van der Waals surface area contributed by atoms with E-state index in [0.29, 0.717) is 17.2 Å². The van der Waals surface area contributed by atoms with Crippen LogP contribution in [-0.4, -0.2) is 15.9 Å². The largest absolute Gasteiger partial charge is 0.397 e. The number of anilines is 2. The number of nitrogen functional groups attached to an aromatic ring is 1. The second-order valence-electron chi connectivity index (χ2n) is 3.18. The van der Waals surface area contributed by atoms with Crippen LogP contribution in [0.15, 0.2) is 23.7 Å². The zero-order valence-corrected chi connectivity index (χ0v) is 9.41. The zero-order chi connectivity index (χ0) is 11.5. The monoisotopic (exact) mass is 234 g/mol. The van der Waals surface area contributed by atoms with Crippen molar-refractivity contribution in [1.29, 1.82) is 0 Å². The predicted octanol–water partition coefficient (Wildman–Crippen LogP) is 1.68. The van der Waals surface area contributed by atoms with Crippen LogP contribution in [0.4, 0.5) is 11.5 Å². The summed E-state index contributed by atoms with van der Waals surface area (Å²) in [5.41, 5.74) is 6.45. The number of thiazole rings is 1. The van der Waals surface area contributed by atoms with Crippen molar-refractivity contribution in [2.75, 3.05) is 11.1 Å². The molecule has 0 atom stereocenters. The van der Waals surface area contributed by atoms with Gasteiger partial charge < -0.3 is 11.1 Å². The van der Waals surface area contributed by atoms with Crippen molar-refractivity contribution in [3.8, 4) is 0 Å². The second-order valence-corrected chi connectivity index (χ2v) is 4.24. The quantitative estimate of drug-likeness (QED) is 0.828. The summed E-state index contributed by atoms with van der Waals surface area (Å²) >= 11 is 1.43. The summed E-state index contributed by atoms with van der Waals surface area (Å²) in [6.45, 7) is 1.85. The third kappa shape index (κ3) is 2.34. The van der Waals surface area contributed by atoms with Crippen LogP contribution in [0.2, 0.25) is 0 Å². The topological polar surface area (TPSA) is 80.9 Å². The van der Waals surface area contributed by atoms with E-state index in [-0.39, 0.29) is 5.91 Å². The molecule has 0 aliphatic heterocycles. The van der Waals surface area contributed by atoms with Gasteiger partial charge in [-0.2, -0.15) is 0 Å². The van der Waals surface area contributed by atoms with Crippen molar-refractivity contribution in [1.82, 2.24) is 9.97 Å². The number of rotatable bonds is 2. The molecule has 2 heterocycles. The number of hydrogen-bond acceptors (Lipinski definition) is 5. The van der Waals surface area contributed by atoms with Gasteiger partial charge >= 0.3 is 0 Å². The molecule has 0 radical (unpaired) electrons. The van der Waals surface area contributed by atoms with E-state index in [1.165, 1.54) is 17.5 Å². The first-order chi connectivity index (χ1) is 7.65. The number of aryl methyl sites for hydroxylation is 1. The highest BCUT2D eigenvalue weighted by molar-refractivity contribution is 7.09. The normalized spacial score (nSPS) is 10.1. The molecule has 0 bridgehead atoms. The van der Waals surface area contributed by atoms with Gasteiger partial charge in [0.25, 0.3) is 5.91 Å². The van der Waals surface area contributed by atoms with Crippen LogP contribution in [0, 0.1) is 6.92 Å². The van der Waals surface area contributed by atoms with E-state index in [2.05, 4.69) is 15.3 Å². The molecule has 0 aliphatic carbocycles. The maximum absolute atomic E-state index is 11.7. The van der Waals surface area contributed by atoms with Gasteiger partial charge in [0.15, 0.2) is 0 Å². The van der Waals surface area contributed by atoms with Crippen LogP contribution in [0.1, 0.15) is 15.5 Å². The third-order valence-corrected chi connectivity index (χ3v) is 2.65. The minimum Gasteiger partial charge on any atom is -0.397 e. The maximum atomic E-state index is 11.7. The van der Waals surface area contributed by atoms with Crippen molar-refractivity contribution in [3.63, 3.8) is 0 Å². The molecule has 16 heavy (non-hydrogen) atoms. The number of carbonyl (C=O) groups excluding carboxylic acids is 1. The van der Waals surface area contributed by atoms with Crippen molar-refractivity contribution >= 4 is 28.7 Å². The Kier molecular flexibility index (Phi) is 2.82. The molecule has 5 nitrogen and oxygen atoms in total. The van der Waals surface area contributed by atoms with Crippen molar-refractivity contribution in [3.05, 3.63) is 34.4 Å². The highest BCUT2D eigenvalue weighted by Gasteiger charge is 2.09. The minimum atomic E-state index is -0.262. The highest BCUT2D eigenvalue weighted by Crippen LogP contribution is 2.11. The van der Waals surface area contributed by atoms with E-state index in [0.717, 1.165) is 5.01 Å². The van der Waals surface area contributed by atoms with E-state index in [1.807, 2.05) is 6.92 Å². The summed E-state index contributed by atoms with van der Waals surface area (Å²) in [5, 5.41) is 5.20. The number of hydrogen-bond donors (Lipinski definition) is 2. The van der Waals surface area contributed by atoms with E-state index in [9.17, 15) is 4.79 Å². The molecule has 0 aliphatic rings. The zero-order valence-electron chi connectivity index (χ0n) is 8.60. The average Bonchev–Trinajstić information content (AvgIpc) is 2.68. The number of pyridine rings is 1. The van der Waals surface area contributed by atoms with Gasteiger partial charge in [-0.15, -0.1) is 11.3 Å². The Morgan fingerprint density at radius 1 is 1.50 bits per heavy atom. The molecule has 1 amide bonds. The molecule has 0 saturated carbocycles. The summed E-state index contributed by atoms with van der Waals surface area (Å²) in [4.78, 5) is 19.7. The summed E-state index contributed by atoms with van der Waals surface area (Å²) in [7, 11) is 0. The minimum absolute atomic E-state index is 0.262. The average molecular weight is 234 g/mol. The SMILES string of the molecule is Cc1nc(C(=O)Nc2ccc(N)cn2)cs1. The molecule has 2 rings (SSSR count). The third-order valence-electron chi connectivity index (χ3n) is 1.88. The fourth-order valence-electron chi connectivity index (χ4n) is 1.13. The van der Waals surface area contributed by atoms with Gasteiger partial charge in [-0.3, -0.25) is 4.79 Å². The Morgan fingerprint density at radius 2 is 2.31 bits per heavy atom. The first-order valence-corrected chi connectivity index (χ1v) is 5.48. The van der Waals surface area contributed by atoms with E-state index in [1.54, 1.807) is 17.5 Å². The Balaban J connectivity index is 2.10. The molecule has 82 valence electrons. The van der Waals surface area contributed by atoms with Gasteiger partial charge in [0.05, 0.1) is 16.9 Å². The van der Waals surface area contributed by atoms with Gasteiger partial charge in [-0.25, -0.2) is 9.97 Å². The molecule has 6 heteroatoms. The lowest BCUT2D eigenvalue weighted by Crippen LogP contribution is -2.13. The highest BCUT2D eigenvalue weighted by atomic mass is 32.1. The van der Waals surface area contributed by atoms with E-state index < -0.39 is 0 Å². The van der Waals surface area contributed by atoms with Crippen LogP contribution in [0.25, 0.3) is 0 Å². The molecular formula is C10H10N4OS. The van der Waals surface area contributed by atoms with E-state index in [4.69, 9.17) is 5.73 Å². The van der Waals surface area contributed by atoms with Crippen LogP contribution < -0.4 is 11.1 Å². The molecule has 0 unspecified atom stereocenters. The predicted molar refractivity (Wildman–Crippen MR) is 63.5 cm³/mol. The summed E-state index contributed by atoms with van der Waals surface area (Å²) in [6.07, 6.45) is 1.49. The second kappa shape index (κ2) is 4.28. The first-order valence-electron chi connectivity index (χ1n) is 4.60. The first kappa shape index (κ1) is 10.6. The fraction of sp³-hybridized carbons (Fsp3) is 0.100. The number of aromatic nitrogens is 2. The number of carbonyl (C=O) groups is 1. The van der Waals surface area contributed by atoms with Crippen molar-refractivity contribution in [2.24, 2.45) is 0 Å². The standard InChI is InChI=1S/C10H10N4OS/c1-6-13-8(5-16-6)10(15)14-9-3-2-7(11)4-12-9/h2-5H,11H2,1H3,(H,12,14,15). The van der Waals surface area contributed by atoms with Gasteiger partial charge in [-0.05, 0) is 19.1 Å². The summed E-state index contributed by atoms with van der Waals surface area (Å²) in [6, 6.07) is 3.32.